The molecule has 0 aliphatic rings. The van der Waals surface area contributed by atoms with E-state index < -0.39 is 0 Å². The van der Waals surface area contributed by atoms with Crippen molar-refractivity contribution in [3.8, 4) is 11.8 Å². The second-order valence-electron chi connectivity index (χ2n) is 4.46. The monoisotopic (exact) mass is 300 g/mol. The second-order valence-corrected chi connectivity index (χ2v) is 5.52. The van der Waals surface area contributed by atoms with Crippen LogP contribution in [0.3, 0.4) is 0 Å². The predicted octanol–water partition coefficient (Wildman–Crippen LogP) is 1.43. The Labute approximate surface area is 127 Å². The number of aryl methyl sites for hydroxylation is 1. The van der Waals surface area contributed by atoms with E-state index in [9.17, 15) is 4.79 Å². The van der Waals surface area contributed by atoms with Crippen LogP contribution in [-0.4, -0.2) is 34.4 Å². The van der Waals surface area contributed by atoms with Gasteiger partial charge in [-0.15, -0.1) is 11.3 Å². The Hall–Kier alpha value is -2.23. The molecule has 2 N–H and O–H groups in total. The van der Waals surface area contributed by atoms with E-state index in [1.807, 2.05) is 12.3 Å². The molecule has 0 aliphatic heterocycles. The average molecular weight is 300 g/mol. The van der Waals surface area contributed by atoms with E-state index in [0.29, 0.717) is 18.8 Å². The van der Waals surface area contributed by atoms with Crippen LogP contribution in [0, 0.1) is 18.8 Å². The van der Waals surface area contributed by atoms with E-state index in [-0.39, 0.29) is 5.91 Å². The first kappa shape index (κ1) is 15.2. The smallest absolute Gasteiger partial charge is 0.272 e. The number of carbonyl (C=O) groups is 1. The second kappa shape index (κ2) is 6.97. The number of amides is 1. The summed E-state index contributed by atoms with van der Waals surface area (Å²) in [6.07, 6.45) is 1.58. The van der Waals surface area contributed by atoms with E-state index in [0.717, 1.165) is 16.3 Å². The van der Waals surface area contributed by atoms with Crippen LogP contribution in [-0.2, 0) is 6.54 Å². The number of carbonyl (C=O) groups excluding carboxylic acids is 1. The molecule has 2 aromatic heterocycles. The van der Waals surface area contributed by atoms with Crippen molar-refractivity contribution in [1.29, 1.82) is 0 Å². The van der Waals surface area contributed by atoms with Crippen molar-refractivity contribution in [2.24, 2.45) is 5.73 Å². The third kappa shape index (κ3) is 4.12. The molecule has 2 aromatic rings. The van der Waals surface area contributed by atoms with Crippen LogP contribution in [0.4, 0.5) is 0 Å². The summed E-state index contributed by atoms with van der Waals surface area (Å²) >= 11 is 1.57. The summed E-state index contributed by atoms with van der Waals surface area (Å²) in [6.45, 7) is 2.72. The highest BCUT2D eigenvalue weighted by atomic mass is 32.1. The van der Waals surface area contributed by atoms with Gasteiger partial charge in [-0.25, -0.2) is 9.97 Å². The minimum absolute atomic E-state index is 0.140. The number of hydrogen-bond acceptors (Lipinski definition) is 5. The van der Waals surface area contributed by atoms with Gasteiger partial charge in [0.15, 0.2) is 0 Å². The van der Waals surface area contributed by atoms with Gasteiger partial charge in [0.05, 0.1) is 23.8 Å². The third-order valence-electron chi connectivity index (χ3n) is 2.73. The number of nitrogens with zero attached hydrogens (tertiary/aromatic N) is 3. The van der Waals surface area contributed by atoms with Gasteiger partial charge in [-0.1, -0.05) is 11.8 Å². The molecular formula is C15H16N4OS. The molecule has 0 fully saturated rings. The Balaban J connectivity index is 2.05. The Bertz CT molecular complexity index is 682. The van der Waals surface area contributed by atoms with E-state index in [4.69, 9.17) is 5.73 Å². The summed E-state index contributed by atoms with van der Waals surface area (Å²) in [6, 6.07) is 3.44. The maximum absolute atomic E-state index is 12.3. The molecule has 0 unspecified atom stereocenters. The van der Waals surface area contributed by atoms with Crippen LogP contribution >= 0.6 is 11.3 Å². The number of hydrogen-bond donors (Lipinski definition) is 1. The maximum atomic E-state index is 12.3. The molecule has 0 atom stereocenters. The summed E-state index contributed by atoms with van der Waals surface area (Å²) in [5.74, 6) is 5.48. The van der Waals surface area contributed by atoms with Crippen molar-refractivity contribution in [3.63, 3.8) is 0 Å². The lowest BCUT2D eigenvalue weighted by Gasteiger charge is -2.15. The van der Waals surface area contributed by atoms with E-state index in [1.54, 1.807) is 41.6 Å². The number of thiazole rings is 1. The normalized spacial score (nSPS) is 9.86. The minimum Gasteiger partial charge on any atom is -0.334 e. The molecule has 0 saturated carbocycles. The van der Waals surface area contributed by atoms with Crippen molar-refractivity contribution in [1.82, 2.24) is 14.9 Å². The van der Waals surface area contributed by atoms with Gasteiger partial charge < -0.3 is 10.6 Å². The van der Waals surface area contributed by atoms with E-state index in [2.05, 4.69) is 21.8 Å². The molecule has 5 nitrogen and oxygen atoms in total. The van der Waals surface area contributed by atoms with Crippen molar-refractivity contribution >= 4 is 17.2 Å². The van der Waals surface area contributed by atoms with Gasteiger partial charge in [-0.05, 0) is 19.1 Å². The Morgan fingerprint density at radius 3 is 2.86 bits per heavy atom. The first-order valence-electron chi connectivity index (χ1n) is 6.41. The lowest BCUT2D eigenvalue weighted by Crippen LogP contribution is -2.27. The topological polar surface area (TPSA) is 72.1 Å². The van der Waals surface area contributed by atoms with Gasteiger partial charge in [0.1, 0.15) is 5.69 Å². The van der Waals surface area contributed by atoms with Crippen LogP contribution in [0.1, 0.15) is 26.8 Å². The Kier molecular flexibility index (Phi) is 5.04. The standard InChI is InChI=1S/C15H16N4OS/c1-11-18-13(10-21-11)9-19(2)15(20)14-6-5-12(8-17-14)4-3-7-16/h5-6,8,10H,7,9,16H2,1-2H3. The molecule has 0 saturated heterocycles. The molecule has 21 heavy (non-hydrogen) atoms. The lowest BCUT2D eigenvalue weighted by molar-refractivity contribution is 0.0778. The molecule has 2 rings (SSSR count). The zero-order chi connectivity index (χ0) is 15.2. The molecule has 108 valence electrons. The van der Waals surface area contributed by atoms with Gasteiger partial charge in [-0.3, -0.25) is 4.79 Å². The molecule has 0 spiro atoms. The molecule has 1 amide bonds. The highest BCUT2D eigenvalue weighted by molar-refractivity contribution is 7.09. The van der Waals surface area contributed by atoms with Gasteiger partial charge in [-0.2, -0.15) is 0 Å². The minimum atomic E-state index is -0.140. The summed E-state index contributed by atoms with van der Waals surface area (Å²) in [7, 11) is 1.74. The molecule has 0 bridgehead atoms. The van der Waals surface area contributed by atoms with E-state index >= 15 is 0 Å². The van der Waals surface area contributed by atoms with Gasteiger partial charge in [0.25, 0.3) is 5.91 Å². The Morgan fingerprint density at radius 2 is 2.29 bits per heavy atom. The van der Waals surface area contributed by atoms with Crippen molar-refractivity contribution < 1.29 is 4.79 Å². The van der Waals surface area contributed by atoms with Gasteiger partial charge in [0.2, 0.25) is 0 Å². The molecule has 2 heterocycles. The fourth-order valence-electron chi connectivity index (χ4n) is 1.74. The van der Waals surface area contributed by atoms with Crippen molar-refractivity contribution in [3.05, 3.63) is 45.7 Å². The predicted molar refractivity (Wildman–Crippen MR) is 82.8 cm³/mol. The maximum Gasteiger partial charge on any atom is 0.272 e. The zero-order valence-corrected chi connectivity index (χ0v) is 12.8. The third-order valence-corrected chi connectivity index (χ3v) is 3.55. The lowest BCUT2D eigenvalue weighted by atomic mass is 10.2. The first-order chi connectivity index (χ1) is 10.1. The van der Waals surface area contributed by atoms with Crippen LogP contribution in [0.2, 0.25) is 0 Å². The number of aromatic nitrogens is 2. The molecule has 0 radical (unpaired) electrons. The quantitative estimate of drug-likeness (QED) is 0.870. The van der Waals surface area contributed by atoms with Crippen LogP contribution in [0.5, 0.6) is 0 Å². The summed E-state index contributed by atoms with van der Waals surface area (Å²) in [4.78, 5) is 22.4. The molecule has 6 heteroatoms. The largest absolute Gasteiger partial charge is 0.334 e. The number of pyridine rings is 1. The van der Waals surface area contributed by atoms with Gasteiger partial charge in [0, 0.05) is 24.2 Å². The molecule has 0 aliphatic carbocycles. The fraction of sp³-hybridized carbons (Fsp3) is 0.267. The Morgan fingerprint density at radius 1 is 1.48 bits per heavy atom. The SMILES string of the molecule is Cc1nc(CN(C)C(=O)c2ccc(C#CCN)cn2)cs1. The van der Waals surface area contributed by atoms with Crippen molar-refractivity contribution in [2.75, 3.05) is 13.6 Å². The number of rotatable bonds is 3. The molecule has 0 aromatic carbocycles. The van der Waals surface area contributed by atoms with Crippen LogP contribution in [0.25, 0.3) is 0 Å². The highest BCUT2D eigenvalue weighted by Crippen LogP contribution is 2.11. The average Bonchev–Trinajstić information content (AvgIpc) is 2.90. The van der Waals surface area contributed by atoms with Crippen molar-refractivity contribution in [2.45, 2.75) is 13.5 Å². The fourth-order valence-corrected chi connectivity index (χ4v) is 2.34. The van der Waals surface area contributed by atoms with Crippen LogP contribution in [0.15, 0.2) is 23.7 Å². The van der Waals surface area contributed by atoms with Gasteiger partial charge >= 0.3 is 0 Å². The highest BCUT2D eigenvalue weighted by Gasteiger charge is 2.14. The number of nitrogens with two attached hydrogens (primary N) is 1. The molecular weight excluding hydrogens is 284 g/mol. The summed E-state index contributed by atoms with van der Waals surface area (Å²) in [5, 5.41) is 2.95. The summed E-state index contributed by atoms with van der Waals surface area (Å²) < 4.78 is 0. The zero-order valence-electron chi connectivity index (χ0n) is 12.0. The first-order valence-corrected chi connectivity index (χ1v) is 7.29. The van der Waals surface area contributed by atoms with E-state index in [1.165, 1.54) is 0 Å². The van der Waals surface area contributed by atoms with Crippen LogP contribution < -0.4 is 5.73 Å². The summed E-state index contributed by atoms with van der Waals surface area (Å²) in [5.41, 5.74) is 7.33.